The van der Waals surface area contributed by atoms with Crippen LogP contribution in [0.5, 0.6) is 0 Å². The zero-order chi connectivity index (χ0) is 14.8. The van der Waals surface area contributed by atoms with Crippen molar-refractivity contribution in [2.45, 2.75) is 58.7 Å². The minimum Gasteiger partial charge on any atom is -0.374 e. The zero-order valence-electron chi connectivity index (χ0n) is 13.6. The fraction of sp³-hybridized carbons (Fsp3) is 0.647. The van der Waals surface area contributed by atoms with E-state index in [2.05, 4.69) is 59.7 Å². The minimum atomic E-state index is -0.288. The third-order valence-electron chi connectivity index (χ3n) is 4.03. The number of methoxy groups -OCH3 is 2. The van der Waals surface area contributed by atoms with Gasteiger partial charge in [0, 0.05) is 14.2 Å². The molecule has 0 aromatic heterocycles. The molecule has 0 spiro atoms. The van der Waals surface area contributed by atoms with Crippen LogP contribution in [0.2, 0.25) is 0 Å². The van der Waals surface area contributed by atoms with E-state index in [-0.39, 0.29) is 11.2 Å². The Balaban J connectivity index is 3.43. The van der Waals surface area contributed by atoms with Crippen LogP contribution in [-0.2, 0) is 20.7 Å². The second-order valence-corrected chi connectivity index (χ2v) is 6.43. The molecule has 0 aliphatic carbocycles. The van der Waals surface area contributed by atoms with E-state index < -0.39 is 0 Å². The van der Waals surface area contributed by atoms with E-state index in [0.29, 0.717) is 5.92 Å². The van der Waals surface area contributed by atoms with Crippen LogP contribution in [0.1, 0.15) is 64.2 Å². The largest absolute Gasteiger partial charge is 0.374 e. The maximum absolute atomic E-state index is 5.62. The average Bonchev–Trinajstić information content (AvgIpc) is 2.38. The van der Waals surface area contributed by atoms with Gasteiger partial charge in [-0.25, -0.2) is 0 Å². The number of hydrogen-bond donors (Lipinski definition) is 0. The first-order chi connectivity index (χ1) is 8.64. The van der Waals surface area contributed by atoms with E-state index in [1.54, 1.807) is 14.2 Å². The fourth-order valence-electron chi connectivity index (χ4n) is 1.92. The number of benzene rings is 1. The molecule has 0 aliphatic rings. The monoisotopic (exact) mass is 264 g/mol. The van der Waals surface area contributed by atoms with Gasteiger partial charge in [0.15, 0.2) is 0 Å². The third kappa shape index (κ3) is 3.58. The van der Waals surface area contributed by atoms with Gasteiger partial charge in [-0.2, -0.15) is 0 Å². The summed E-state index contributed by atoms with van der Waals surface area (Å²) < 4.78 is 11.2. The van der Waals surface area contributed by atoms with Crippen LogP contribution in [0.4, 0.5) is 0 Å². The first-order valence-corrected chi connectivity index (χ1v) is 6.90. The van der Waals surface area contributed by atoms with Gasteiger partial charge >= 0.3 is 0 Å². The van der Waals surface area contributed by atoms with Crippen molar-refractivity contribution in [3.8, 4) is 0 Å². The van der Waals surface area contributed by atoms with Gasteiger partial charge in [0.05, 0.1) is 11.2 Å². The fourth-order valence-corrected chi connectivity index (χ4v) is 1.92. The summed E-state index contributed by atoms with van der Waals surface area (Å²) in [6, 6.07) is 6.67. The molecular formula is C17H28O2. The Bertz CT molecular complexity index is 397. The molecule has 1 aromatic carbocycles. The minimum absolute atomic E-state index is 0.288. The van der Waals surface area contributed by atoms with Crippen LogP contribution in [-0.4, -0.2) is 14.2 Å². The molecule has 108 valence electrons. The molecule has 0 heterocycles. The number of hydrogen-bond acceptors (Lipinski definition) is 2. The maximum atomic E-state index is 5.62. The summed E-state index contributed by atoms with van der Waals surface area (Å²) >= 11 is 0. The molecule has 0 amide bonds. The van der Waals surface area contributed by atoms with Crippen molar-refractivity contribution in [1.82, 2.24) is 0 Å². The van der Waals surface area contributed by atoms with Gasteiger partial charge in [0.2, 0.25) is 0 Å². The molecule has 0 atom stereocenters. The van der Waals surface area contributed by atoms with E-state index in [0.717, 1.165) is 0 Å². The lowest BCUT2D eigenvalue weighted by Crippen LogP contribution is -2.24. The Labute approximate surface area is 118 Å². The molecule has 2 nitrogen and oxygen atoms in total. The summed E-state index contributed by atoms with van der Waals surface area (Å²) in [6.07, 6.45) is 0. The van der Waals surface area contributed by atoms with Gasteiger partial charge in [-0.3, -0.25) is 0 Å². The predicted octanol–water partition coefficient (Wildman–Crippen LogP) is 4.57. The quantitative estimate of drug-likeness (QED) is 0.775. The van der Waals surface area contributed by atoms with Crippen molar-refractivity contribution in [1.29, 1.82) is 0 Å². The van der Waals surface area contributed by atoms with Crippen LogP contribution in [0.15, 0.2) is 18.2 Å². The Kier molecular flexibility index (Phi) is 4.81. The van der Waals surface area contributed by atoms with Gasteiger partial charge in [-0.05, 0) is 50.3 Å². The molecule has 1 aromatic rings. The molecule has 2 heteroatoms. The highest BCUT2D eigenvalue weighted by molar-refractivity contribution is 5.37. The van der Waals surface area contributed by atoms with Crippen molar-refractivity contribution in [3.05, 3.63) is 34.9 Å². The average molecular weight is 264 g/mol. The molecule has 0 saturated carbocycles. The molecular weight excluding hydrogens is 236 g/mol. The maximum Gasteiger partial charge on any atom is 0.0871 e. The van der Waals surface area contributed by atoms with Crippen LogP contribution in [0.25, 0.3) is 0 Å². The molecule has 0 fully saturated rings. The van der Waals surface area contributed by atoms with Crippen molar-refractivity contribution >= 4 is 0 Å². The highest BCUT2D eigenvalue weighted by Crippen LogP contribution is 2.33. The summed E-state index contributed by atoms with van der Waals surface area (Å²) in [5.74, 6) is 0.485. The van der Waals surface area contributed by atoms with Gasteiger partial charge in [-0.1, -0.05) is 32.0 Å². The predicted molar refractivity (Wildman–Crippen MR) is 80.6 cm³/mol. The van der Waals surface area contributed by atoms with Crippen LogP contribution in [0.3, 0.4) is 0 Å². The second kappa shape index (κ2) is 5.64. The van der Waals surface area contributed by atoms with E-state index in [9.17, 15) is 0 Å². The van der Waals surface area contributed by atoms with Crippen LogP contribution in [0, 0.1) is 0 Å². The smallest absolute Gasteiger partial charge is 0.0871 e. The highest BCUT2D eigenvalue weighted by atomic mass is 16.5. The molecule has 0 N–H and O–H groups in total. The summed E-state index contributed by atoms with van der Waals surface area (Å²) in [4.78, 5) is 0. The van der Waals surface area contributed by atoms with Gasteiger partial charge in [-0.15, -0.1) is 0 Å². The molecule has 0 aliphatic heterocycles. The lowest BCUT2D eigenvalue weighted by Gasteiger charge is -2.30. The Morgan fingerprint density at radius 1 is 0.789 bits per heavy atom. The number of rotatable bonds is 5. The van der Waals surface area contributed by atoms with E-state index in [1.165, 1.54) is 16.7 Å². The summed E-state index contributed by atoms with van der Waals surface area (Å²) in [5, 5.41) is 0. The van der Waals surface area contributed by atoms with E-state index >= 15 is 0 Å². The topological polar surface area (TPSA) is 18.5 Å². The Hall–Kier alpha value is -0.860. The van der Waals surface area contributed by atoms with Crippen molar-refractivity contribution in [3.63, 3.8) is 0 Å². The molecule has 0 unspecified atom stereocenters. The SMILES string of the molecule is COC(C)(C)c1cc(C(C)C)cc(C(C)(C)OC)c1. The standard InChI is InChI=1S/C17H28O2/c1-12(2)13-9-14(16(3,4)18-7)11-15(10-13)17(5,6)19-8/h9-12H,1-8H3. The first kappa shape index (κ1) is 16.2. The molecule has 19 heavy (non-hydrogen) atoms. The van der Waals surface area contributed by atoms with Crippen molar-refractivity contribution in [2.75, 3.05) is 14.2 Å². The van der Waals surface area contributed by atoms with Gasteiger partial charge < -0.3 is 9.47 Å². The molecule has 0 radical (unpaired) electrons. The second-order valence-electron chi connectivity index (χ2n) is 6.43. The van der Waals surface area contributed by atoms with Crippen LogP contribution < -0.4 is 0 Å². The zero-order valence-corrected chi connectivity index (χ0v) is 13.6. The Morgan fingerprint density at radius 3 is 1.42 bits per heavy atom. The lowest BCUT2D eigenvalue weighted by molar-refractivity contribution is 0.0133. The molecule has 0 saturated heterocycles. The molecule has 1 rings (SSSR count). The summed E-state index contributed by atoms with van der Waals surface area (Å²) in [6.45, 7) is 12.8. The lowest BCUT2D eigenvalue weighted by atomic mass is 9.86. The van der Waals surface area contributed by atoms with Crippen molar-refractivity contribution < 1.29 is 9.47 Å². The van der Waals surface area contributed by atoms with E-state index in [1.807, 2.05) is 0 Å². The van der Waals surface area contributed by atoms with E-state index in [4.69, 9.17) is 9.47 Å². The molecule has 0 bridgehead atoms. The van der Waals surface area contributed by atoms with Gasteiger partial charge in [0.1, 0.15) is 0 Å². The van der Waals surface area contributed by atoms with Crippen molar-refractivity contribution in [2.24, 2.45) is 0 Å². The highest BCUT2D eigenvalue weighted by Gasteiger charge is 2.26. The Morgan fingerprint density at radius 2 is 1.16 bits per heavy atom. The normalized spacial score (nSPS) is 13.1. The van der Waals surface area contributed by atoms with Crippen LogP contribution >= 0.6 is 0 Å². The summed E-state index contributed by atoms with van der Waals surface area (Å²) in [5.41, 5.74) is 3.14. The summed E-state index contributed by atoms with van der Waals surface area (Å²) in [7, 11) is 3.51. The van der Waals surface area contributed by atoms with Gasteiger partial charge in [0.25, 0.3) is 0 Å². The third-order valence-corrected chi connectivity index (χ3v) is 4.03. The number of ether oxygens (including phenoxy) is 2. The first-order valence-electron chi connectivity index (χ1n) is 6.90.